The summed E-state index contributed by atoms with van der Waals surface area (Å²) in [5.41, 5.74) is 1.10. The molecule has 60 valence electrons. The predicted molar refractivity (Wildman–Crippen MR) is 59.7 cm³/mol. The molecule has 0 radical (unpaired) electrons. The van der Waals surface area contributed by atoms with Crippen LogP contribution in [0.1, 0.15) is 9.30 Å². The summed E-state index contributed by atoms with van der Waals surface area (Å²) in [6, 6.07) is 5.76. The topological polar surface area (TPSA) is 0 Å². The summed E-state index contributed by atoms with van der Waals surface area (Å²) in [7, 11) is 0. The molecule has 0 aliphatic carbocycles. The molecule has 0 spiro atoms. The zero-order valence-corrected chi connectivity index (χ0v) is 10.8. The molecule has 0 fully saturated rings. The van der Waals surface area contributed by atoms with Crippen LogP contribution >= 0.6 is 59.4 Å². The Balaban J connectivity index is 3.08. The summed E-state index contributed by atoms with van der Waals surface area (Å²) in [4.78, 5) is 0. The van der Waals surface area contributed by atoms with Crippen molar-refractivity contribution in [2.75, 3.05) is 0 Å². The van der Waals surface area contributed by atoms with E-state index in [9.17, 15) is 0 Å². The van der Waals surface area contributed by atoms with Gasteiger partial charge in [-0.3, -0.25) is 0 Å². The third-order valence-electron chi connectivity index (χ3n) is 1.14. The lowest BCUT2D eigenvalue weighted by atomic mass is 10.2. The highest BCUT2D eigenvalue weighted by molar-refractivity contribution is 9.24. The fraction of sp³-hybridized carbons (Fsp3) is 0.143. The van der Waals surface area contributed by atoms with Gasteiger partial charge in [0.15, 0.2) is 0 Å². The maximum atomic E-state index is 5.82. The van der Waals surface area contributed by atoms with Crippen LogP contribution in [0.3, 0.4) is 0 Å². The first-order valence-electron chi connectivity index (χ1n) is 2.84. The molecular weight excluding hydrogens is 359 g/mol. The molecule has 0 aliphatic rings. The van der Waals surface area contributed by atoms with Gasteiger partial charge in [-0.1, -0.05) is 59.4 Å². The summed E-state index contributed by atoms with van der Waals surface area (Å²) in [5.74, 6) is 0. The molecule has 0 saturated heterocycles. The number of hydrogen-bond donors (Lipinski definition) is 0. The Kier molecular flexibility index (Phi) is 3.89. The van der Waals surface area contributed by atoms with E-state index in [1.54, 1.807) is 0 Å². The van der Waals surface area contributed by atoms with Gasteiger partial charge in [-0.15, -0.1) is 0 Å². The zero-order valence-electron chi connectivity index (χ0n) is 5.32. The van der Waals surface area contributed by atoms with Gasteiger partial charge >= 0.3 is 0 Å². The third-order valence-corrected chi connectivity index (χ3v) is 2.87. The van der Waals surface area contributed by atoms with E-state index in [-0.39, 0.29) is 3.74 Å². The van der Waals surface area contributed by atoms with Gasteiger partial charge < -0.3 is 0 Å². The third kappa shape index (κ3) is 3.05. The molecule has 4 heteroatoms. The zero-order chi connectivity index (χ0) is 8.43. The van der Waals surface area contributed by atoms with Crippen LogP contribution in [0, 0.1) is 0 Å². The first-order chi connectivity index (χ1) is 5.09. The molecule has 0 aromatic heterocycles. The molecule has 0 atom stereocenters. The molecular formula is C7H4Br3Cl. The Bertz CT molecular complexity index is 240. The first kappa shape index (κ1) is 10.0. The number of rotatable bonds is 1. The number of benzene rings is 1. The van der Waals surface area contributed by atoms with E-state index >= 15 is 0 Å². The molecule has 0 nitrogen and oxygen atoms in total. The Morgan fingerprint density at radius 3 is 2.27 bits per heavy atom. The summed E-state index contributed by atoms with van der Waals surface area (Å²) >= 11 is 16.0. The van der Waals surface area contributed by atoms with Gasteiger partial charge in [0.05, 0.1) is 3.74 Å². The maximum Gasteiger partial charge on any atom is 0.0947 e. The second kappa shape index (κ2) is 4.26. The standard InChI is InChI=1S/C7H4Br3Cl/c8-5-1-4(7(9)10)2-6(11)3-5/h1-3,7H. The first-order valence-corrected chi connectivity index (χ1v) is 5.84. The Labute approximate surface area is 95.7 Å². The number of halogens is 4. The smallest absolute Gasteiger partial charge is 0.0843 e. The van der Waals surface area contributed by atoms with Crippen molar-refractivity contribution in [2.45, 2.75) is 3.74 Å². The second-order valence-electron chi connectivity index (χ2n) is 2.00. The van der Waals surface area contributed by atoms with Crippen molar-refractivity contribution < 1.29 is 0 Å². The van der Waals surface area contributed by atoms with E-state index < -0.39 is 0 Å². The van der Waals surface area contributed by atoms with Gasteiger partial charge in [0.2, 0.25) is 0 Å². The van der Waals surface area contributed by atoms with E-state index in [4.69, 9.17) is 11.6 Å². The average Bonchev–Trinajstić information content (AvgIpc) is 1.85. The molecule has 0 unspecified atom stereocenters. The van der Waals surface area contributed by atoms with Crippen LogP contribution in [-0.4, -0.2) is 0 Å². The van der Waals surface area contributed by atoms with E-state index in [0.717, 1.165) is 15.1 Å². The molecule has 11 heavy (non-hydrogen) atoms. The van der Waals surface area contributed by atoms with Crippen molar-refractivity contribution >= 4 is 59.4 Å². The van der Waals surface area contributed by atoms with Crippen molar-refractivity contribution in [1.29, 1.82) is 0 Å². The normalized spacial score (nSPS) is 10.6. The summed E-state index contributed by atoms with van der Waals surface area (Å²) < 4.78 is 1.15. The predicted octanol–water partition coefficient (Wildman–Crippen LogP) is 4.89. The largest absolute Gasteiger partial charge is 0.0947 e. The van der Waals surface area contributed by atoms with Gasteiger partial charge in [0, 0.05) is 9.50 Å². The van der Waals surface area contributed by atoms with Crippen LogP contribution in [-0.2, 0) is 0 Å². The lowest BCUT2D eigenvalue weighted by molar-refractivity contribution is 1.41. The molecule has 0 N–H and O–H groups in total. The lowest BCUT2D eigenvalue weighted by Crippen LogP contribution is -1.79. The van der Waals surface area contributed by atoms with E-state index in [2.05, 4.69) is 47.8 Å². The molecule has 0 saturated carbocycles. The summed E-state index contributed by atoms with van der Waals surface area (Å²) in [5, 5.41) is 0.735. The Morgan fingerprint density at radius 2 is 1.82 bits per heavy atom. The number of alkyl halides is 2. The highest BCUT2D eigenvalue weighted by Crippen LogP contribution is 2.32. The lowest BCUT2D eigenvalue weighted by Gasteiger charge is -2.02. The van der Waals surface area contributed by atoms with E-state index in [1.807, 2.05) is 18.2 Å². The molecule has 1 aromatic rings. The van der Waals surface area contributed by atoms with Gasteiger partial charge in [-0.2, -0.15) is 0 Å². The van der Waals surface area contributed by atoms with Crippen LogP contribution in [0.5, 0.6) is 0 Å². The van der Waals surface area contributed by atoms with Gasteiger partial charge in [-0.05, 0) is 23.8 Å². The fourth-order valence-corrected chi connectivity index (χ4v) is 2.12. The monoisotopic (exact) mass is 360 g/mol. The molecule has 1 aromatic carbocycles. The summed E-state index contributed by atoms with van der Waals surface area (Å²) in [6.07, 6.45) is 0. The number of hydrogen-bond acceptors (Lipinski definition) is 0. The van der Waals surface area contributed by atoms with Crippen LogP contribution in [0.15, 0.2) is 22.7 Å². The van der Waals surface area contributed by atoms with Gasteiger partial charge in [0.1, 0.15) is 0 Å². The fourth-order valence-electron chi connectivity index (χ4n) is 0.701. The molecule has 0 heterocycles. The van der Waals surface area contributed by atoms with Crippen LogP contribution in [0.25, 0.3) is 0 Å². The van der Waals surface area contributed by atoms with Crippen LogP contribution in [0.2, 0.25) is 5.02 Å². The molecule has 0 bridgehead atoms. The highest BCUT2D eigenvalue weighted by Gasteiger charge is 2.03. The minimum Gasteiger partial charge on any atom is -0.0843 e. The Hall–Kier alpha value is 0.950. The van der Waals surface area contributed by atoms with Crippen molar-refractivity contribution in [3.05, 3.63) is 33.3 Å². The highest BCUT2D eigenvalue weighted by atomic mass is 79.9. The van der Waals surface area contributed by atoms with Gasteiger partial charge in [-0.25, -0.2) is 0 Å². The van der Waals surface area contributed by atoms with Crippen LogP contribution < -0.4 is 0 Å². The maximum absolute atomic E-state index is 5.82. The van der Waals surface area contributed by atoms with Crippen LogP contribution in [0.4, 0.5) is 0 Å². The van der Waals surface area contributed by atoms with Crippen molar-refractivity contribution in [3.63, 3.8) is 0 Å². The quantitative estimate of drug-likeness (QED) is 0.623. The molecule has 0 amide bonds. The molecule has 1 rings (SSSR count). The van der Waals surface area contributed by atoms with E-state index in [0.29, 0.717) is 0 Å². The average molecular weight is 363 g/mol. The Morgan fingerprint density at radius 1 is 1.18 bits per heavy atom. The van der Waals surface area contributed by atoms with Crippen molar-refractivity contribution in [1.82, 2.24) is 0 Å². The second-order valence-corrected chi connectivity index (χ2v) is 6.42. The summed E-state index contributed by atoms with van der Waals surface area (Å²) in [6.45, 7) is 0. The molecule has 0 aliphatic heterocycles. The minimum absolute atomic E-state index is 0.157. The van der Waals surface area contributed by atoms with Crippen molar-refractivity contribution in [3.8, 4) is 0 Å². The SMILES string of the molecule is Clc1cc(Br)cc(C(Br)Br)c1. The van der Waals surface area contributed by atoms with Crippen molar-refractivity contribution in [2.24, 2.45) is 0 Å². The van der Waals surface area contributed by atoms with Gasteiger partial charge in [0.25, 0.3) is 0 Å². The van der Waals surface area contributed by atoms with E-state index in [1.165, 1.54) is 0 Å². The minimum atomic E-state index is 0.157.